The minimum atomic E-state index is -0.438. The molecule has 126 heavy (non-hydrogen) atoms. The van der Waals surface area contributed by atoms with E-state index in [4.69, 9.17) is 18.9 Å². The molecular formula is C108H84N4O14. The van der Waals surface area contributed by atoms with Gasteiger partial charge in [-0.05, 0) is 242 Å². The summed E-state index contributed by atoms with van der Waals surface area (Å²) in [5.41, 5.74) is 6.61. The minimum Gasteiger partial charge on any atom is -0.493 e. The summed E-state index contributed by atoms with van der Waals surface area (Å²) in [4.78, 5) is 154. The van der Waals surface area contributed by atoms with Crippen LogP contribution in [-0.4, -0.2) is 117 Å². The second kappa shape index (κ2) is 29.2. The third-order valence-electron chi connectivity index (χ3n) is 28.2. The van der Waals surface area contributed by atoms with Crippen LogP contribution in [0.15, 0.2) is 182 Å². The highest BCUT2D eigenvalue weighted by atomic mass is 16.5. The fourth-order valence-electron chi connectivity index (χ4n) is 22.2. The molecule has 0 unspecified atom stereocenters. The van der Waals surface area contributed by atoms with Crippen LogP contribution in [0.25, 0.3) is 129 Å². The molecule has 2 fully saturated rings. The lowest BCUT2D eigenvalue weighted by molar-refractivity contribution is 0.0487. The van der Waals surface area contributed by atoms with Crippen LogP contribution in [0.1, 0.15) is 231 Å². The number of hydrogen-bond donors (Lipinski definition) is 0. The monoisotopic (exact) mass is 1660 g/mol. The van der Waals surface area contributed by atoms with Gasteiger partial charge in [0.25, 0.3) is 47.3 Å². The van der Waals surface area contributed by atoms with Gasteiger partial charge in [-0.2, -0.15) is 0 Å². The van der Waals surface area contributed by atoms with E-state index in [2.05, 4.69) is 13.0 Å². The Bertz CT molecular complexity index is 7490. The van der Waals surface area contributed by atoms with Gasteiger partial charge in [0.05, 0.1) is 29.9 Å². The number of ketones is 1. The van der Waals surface area contributed by atoms with E-state index in [1.54, 1.807) is 49.4 Å². The molecule has 620 valence electrons. The van der Waals surface area contributed by atoms with Gasteiger partial charge < -0.3 is 18.9 Å². The summed E-state index contributed by atoms with van der Waals surface area (Å²) in [5, 5.41) is 17.5. The van der Waals surface area contributed by atoms with E-state index < -0.39 is 41.4 Å². The number of amides is 8. The van der Waals surface area contributed by atoms with Crippen molar-refractivity contribution in [1.29, 1.82) is 0 Å². The summed E-state index contributed by atoms with van der Waals surface area (Å²) < 4.78 is 26.6. The zero-order chi connectivity index (χ0) is 85.7. The first-order valence-corrected chi connectivity index (χ1v) is 44.4. The van der Waals surface area contributed by atoms with Gasteiger partial charge in [-0.1, -0.05) is 162 Å². The number of imide groups is 4. The Kier molecular flexibility index (Phi) is 17.7. The minimum absolute atomic E-state index is 0.0244. The molecule has 0 saturated heterocycles. The third kappa shape index (κ3) is 11.2. The summed E-state index contributed by atoms with van der Waals surface area (Å²) in [7, 11) is 0. The van der Waals surface area contributed by atoms with Crippen LogP contribution in [0.5, 0.6) is 28.7 Å². The standard InChI is InChI=1S/C108H84N4O14/c1-5-7-51-123-83-46-45-71-69-34-41-77-92-76(40-33-68(89(69)92)70-35-44-80(97(83)90(70)71)108(122)124-52-8-6-2)102(116)110(103(77)117)50-48-58-22-26-62(27-23-58)126-85-54-82-94-79(105(119)112(107(82)121)60-17-13-10-14-18-60)42-36-72-95-84(53-81-93-78(43-37-73(98(93)95)96(85)99(72)94)104(118)111(106(81)120)59-15-11-9-12-16-59)125-61-24-20-57(21-25-61)47-49-109-100(114)74-38-31-66-64-28-19-55(3)86-63(56(4)113)29-30-65(87(64)86)67-32-39-75(101(109)115)91(74)88(66)67/h19-46,53-54,59-60H,5-18,47-52H2,1-4H3. The van der Waals surface area contributed by atoms with Crippen molar-refractivity contribution in [3.8, 4) is 28.7 Å². The van der Waals surface area contributed by atoms with E-state index in [0.717, 1.165) is 151 Å². The Morgan fingerprint density at radius 2 is 0.675 bits per heavy atom. The van der Waals surface area contributed by atoms with Crippen LogP contribution in [0.4, 0.5) is 0 Å². The molecule has 0 bridgehead atoms. The van der Waals surface area contributed by atoms with Gasteiger partial charge in [-0.15, -0.1) is 0 Å². The quantitative estimate of drug-likeness (QED) is 0.0163. The highest BCUT2D eigenvalue weighted by molar-refractivity contribution is 6.45. The second-order valence-corrected chi connectivity index (χ2v) is 35.2. The normalized spacial score (nSPS) is 15.8. The van der Waals surface area contributed by atoms with Gasteiger partial charge in [0.2, 0.25) is 0 Å². The lowest BCUT2D eigenvalue weighted by Gasteiger charge is -2.37. The van der Waals surface area contributed by atoms with Crippen molar-refractivity contribution < 1.29 is 66.9 Å². The second-order valence-electron chi connectivity index (χ2n) is 35.2. The molecule has 2 aliphatic carbocycles. The fourth-order valence-corrected chi connectivity index (χ4v) is 22.2. The molecule has 4 heterocycles. The molecule has 4 aliphatic heterocycles. The van der Waals surface area contributed by atoms with Crippen LogP contribution < -0.4 is 14.2 Å². The molecule has 0 radical (unpaired) electrons. The molecular weight excluding hydrogens is 1580 g/mol. The largest absolute Gasteiger partial charge is 0.493 e. The SMILES string of the molecule is CCCCOC(=O)c1ccc2c3ccc4c5c(ccc(c6ccc(OCCCC)c1c62)c53)C(=O)N(CCc1ccc(Oc2cc3c5c(ccc6c7c(Oc8ccc(CCN9C(=O)c%10ccc%11c%12ccc(C)c%13c(C(C)=O)ccc(c%14ccc(c%10c%11%14)C9=O)c%13%12)cc8)cc8c9c(ccc(c2c56)c97)C(=O)N(C2CCCCC2)C8=O)C(=O)N(C2CCCCC2)C3=O)cc1)C4=O. The number of carbonyl (C=O) groups is 10. The lowest BCUT2D eigenvalue weighted by atomic mass is 9.80. The van der Waals surface area contributed by atoms with Crippen LogP contribution in [0.2, 0.25) is 0 Å². The average molecular weight is 1660 g/mol. The average Bonchev–Trinajstić information content (AvgIpc) is 0.687. The van der Waals surface area contributed by atoms with E-state index in [9.17, 15) is 28.8 Å². The molecule has 0 atom stereocenters. The molecule has 8 amide bonds. The van der Waals surface area contributed by atoms with E-state index in [0.29, 0.717) is 178 Å². The van der Waals surface area contributed by atoms with Crippen molar-refractivity contribution in [2.24, 2.45) is 0 Å². The lowest BCUT2D eigenvalue weighted by Crippen LogP contribution is -2.48. The topological polar surface area (TPSA) is 221 Å². The van der Waals surface area contributed by atoms with Gasteiger partial charge in [0, 0.05) is 118 Å². The van der Waals surface area contributed by atoms with Crippen molar-refractivity contribution in [1.82, 2.24) is 19.6 Å². The van der Waals surface area contributed by atoms with Crippen LogP contribution >= 0.6 is 0 Å². The van der Waals surface area contributed by atoms with Gasteiger partial charge in [-0.3, -0.25) is 62.8 Å². The molecule has 23 rings (SSSR count). The van der Waals surface area contributed by atoms with Crippen molar-refractivity contribution >= 4 is 188 Å². The first kappa shape index (κ1) is 76.6. The molecule has 2 saturated carbocycles. The van der Waals surface area contributed by atoms with Gasteiger partial charge >= 0.3 is 5.97 Å². The number of esters is 1. The molecule has 0 N–H and O–H groups in total. The van der Waals surface area contributed by atoms with Crippen molar-refractivity contribution in [3.63, 3.8) is 0 Å². The Morgan fingerprint density at radius 3 is 1.10 bits per heavy atom. The number of Topliss-reactive ketones (excluding diaryl/α,β-unsaturated/α-hetero) is 1. The maximum absolute atomic E-state index is 15.6. The fraction of sp³-hybridized carbons (Fsp3) is 0.241. The summed E-state index contributed by atoms with van der Waals surface area (Å²) in [6.45, 7) is 8.64. The van der Waals surface area contributed by atoms with E-state index in [-0.39, 0.29) is 59.6 Å². The van der Waals surface area contributed by atoms with Crippen LogP contribution in [0.3, 0.4) is 0 Å². The smallest absolute Gasteiger partial charge is 0.338 e. The summed E-state index contributed by atoms with van der Waals surface area (Å²) >= 11 is 0. The highest BCUT2D eigenvalue weighted by Gasteiger charge is 2.45. The zero-order valence-corrected chi connectivity index (χ0v) is 70.1. The molecule has 17 aromatic carbocycles. The van der Waals surface area contributed by atoms with Gasteiger partial charge in [-0.25, -0.2) is 4.79 Å². The van der Waals surface area contributed by atoms with E-state index in [1.165, 1.54) is 19.6 Å². The van der Waals surface area contributed by atoms with E-state index >= 15 is 19.2 Å². The number of rotatable bonds is 21. The first-order chi connectivity index (χ1) is 61.5. The zero-order valence-electron chi connectivity index (χ0n) is 70.1. The Hall–Kier alpha value is -14.3. The third-order valence-corrected chi connectivity index (χ3v) is 28.2. The van der Waals surface area contributed by atoms with Crippen LogP contribution in [0, 0.1) is 6.92 Å². The Balaban J connectivity index is 0.583. The number of aryl methyl sites for hydroxylation is 1. The summed E-state index contributed by atoms with van der Waals surface area (Å²) in [6.07, 6.45) is 12.1. The van der Waals surface area contributed by atoms with Crippen molar-refractivity contribution in [2.75, 3.05) is 26.3 Å². The van der Waals surface area contributed by atoms with Gasteiger partial charge in [0.1, 0.15) is 28.7 Å². The number of ether oxygens (including phenoxy) is 4. The number of benzene rings is 17. The number of hydrogen-bond acceptors (Lipinski definition) is 14. The molecule has 0 aromatic heterocycles. The maximum atomic E-state index is 15.6. The molecule has 0 spiro atoms. The Morgan fingerprint density at radius 1 is 0.325 bits per heavy atom. The van der Waals surface area contributed by atoms with Gasteiger partial charge in [0.15, 0.2) is 5.78 Å². The summed E-state index contributed by atoms with van der Waals surface area (Å²) in [5.74, 6) is -1.76. The number of carbonyl (C=O) groups excluding carboxylic acids is 10. The Labute approximate surface area is 722 Å². The molecule has 6 aliphatic rings. The van der Waals surface area contributed by atoms with Crippen molar-refractivity contribution in [3.05, 3.63) is 254 Å². The molecule has 18 nitrogen and oxygen atoms in total. The van der Waals surface area contributed by atoms with Crippen LogP contribution in [-0.2, 0) is 17.6 Å². The predicted octanol–water partition coefficient (Wildman–Crippen LogP) is 23.6. The summed E-state index contributed by atoms with van der Waals surface area (Å²) in [6, 6.07) is 55.6. The highest BCUT2D eigenvalue weighted by Crippen LogP contribution is 2.56. The van der Waals surface area contributed by atoms with Crippen molar-refractivity contribution in [2.45, 2.75) is 143 Å². The van der Waals surface area contributed by atoms with E-state index in [1.807, 2.05) is 147 Å². The predicted molar refractivity (Wildman–Crippen MR) is 489 cm³/mol. The number of fused-ring (bicyclic) bond motifs is 6. The first-order valence-electron chi connectivity index (χ1n) is 44.4. The number of unbranched alkanes of at least 4 members (excludes halogenated alkanes) is 2. The molecule has 17 aromatic rings. The molecule has 18 heteroatoms. The number of nitrogens with zero attached hydrogens (tertiary/aromatic N) is 4. The maximum Gasteiger partial charge on any atom is 0.338 e.